The quantitative estimate of drug-likeness (QED) is 0.546. The molecule has 1 amide bonds. The summed E-state index contributed by atoms with van der Waals surface area (Å²) in [5.74, 6) is 5.07. The minimum atomic E-state index is -3.08. The number of anilines is 1. The molecule has 0 saturated carbocycles. The number of amides is 1. The van der Waals surface area contributed by atoms with Gasteiger partial charge in [0.1, 0.15) is 0 Å². The van der Waals surface area contributed by atoms with Gasteiger partial charge in [-0.05, 0) is 19.4 Å². The number of aromatic nitrogens is 1. The van der Waals surface area contributed by atoms with Crippen LogP contribution in [0.3, 0.4) is 0 Å². The molecule has 1 aliphatic heterocycles. The van der Waals surface area contributed by atoms with Crippen molar-refractivity contribution < 1.29 is 13.2 Å². The highest BCUT2D eigenvalue weighted by molar-refractivity contribution is 7.91. The molecule has 1 aromatic rings. The Labute approximate surface area is 121 Å². The normalized spacial score (nSPS) is 24.4. The summed E-state index contributed by atoms with van der Waals surface area (Å²) in [6.07, 6.45) is 1.72. The number of pyridine rings is 1. The Bertz CT molecular complexity index is 649. The topological polar surface area (TPSA) is 114 Å². The van der Waals surface area contributed by atoms with Gasteiger partial charge in [0.2, 0.25) is 0 Å². The number of nitrogens with one attached hydrogen (secondary N) is 2. The van der Waals surface area contributed by atoms with E-state index in [1.165, 1.54) is 12.3 Å². The molecular weight excluding hydrogens is 304 g/mol. The number of nitrogen functional groups attached to an aromatic ring is 1. The van der Waals surface area contributed by atoms with E-state index in [9.17, 15) is 13.2 Å². The fourth-order valence-corrected chi connectivity index (χ4v) is 4.44. The lowest BCUT2D eigenvalue weighted by molar-refractivity contribution is 0.0915. The molecule has 0 aliphatic carbocycles. The second-order valence-corrected chi connectivity index (χ2v) is 7.65. The van der Waals surface area contributed by atoms with E-state index in [0.717, 1.165) is 0 Å². The van der Waals surface area contributed by atoms with Gasteiger partial charge in [0.05, 0.1) is 27.6 Å². The molecule has 9 heteroatoms. The average Bonchev–Trinajstić information content (AvgIpc) is 2.63. The molecule has 2 rings (SSSR count). The Morgan fingerprint density at radius 3 is 2.75 bits per heavy atom. The molecule has 1 saturated heterocycles. The molecule has 1 atom stereocenters. The van der Waals surface area contributed by atoms with Gasteiger partial charge in [0.15, 0.2) is 15.7 Å². The van der Waals surface area contributed by atoms with Crippen molar-refractivity contribution in [3.05, 3.63) is 22.8 Å². The summed E-state index contributed by atoms with van der Waals surface area (Å²) in [5, 5.41) is 2.94. The zero-order valence-corrected chi connectivity index (χ0v) is 12.4. The molecule has 1 fully saturated rings. The maximum atomic E-state index is 12.1. The van der Waals surface area contributed by atoms with Gasteiger partial charge < -0.3 is 10.7 Å². The Morgan fingerprint density at radius 1 is 1.55 bits per heavy atom. The number of carbonyl (C=O) groups excluding carboxylic acids is 1. The van der Waals surface area contributed by atoms with Crippen LogP contribution < -0.4 is 16.6 Å². The van der Waals surface area contributed by atoms with Crippen molar-refractivity contribution in [3.63, 3.8) is 0 Å². The first kappa shape index (κ1) is 15.0. The van der Waals surface area contributed by atoms with E-state index in [4.69, 9.17) is 17.4 Å². The molecule has 0 bridgehead atoms. The van der Waals surface area contributed by atoms with Crippen LogP contribution in [0.1, 0.15) is 23.7 Å². The second-order valence-electron chi connectivity index (χ2n) is 5.06. The van der Waals surface area contributed by atoms with Crippen LogP contribution in [-0.4, -0.2) is 36.4 Å². The summed E-state index contributed by atoms with van der Waals surface area (Å²) in [6.45, 7) is 1.71. The molecule has 0 aromatic carbocycles. The van der Waals surface area contributed by atoms with E-state index in [0.29, 0.717) is 6.42 Å². The molecule has 4 N–H and O–H groups in total. The van der Waals surface area contributed by atoms with Gasteiger partial charge in [0.25, 0.3) is 5.91 Å². The van der Waals surface area contributed by atoms with E-state index >= 15 is 0 Å². The summed E-state index contributed by atoms with van der Waals surface area (Å²) in [6, 6.07) is 1.42. The van der Waals surface area contributed by atoms with Gasteiger partial charge in [0, 0.05) is 6.20 Å². The summed E-state index contributed by atoms with van der Waals surface area (Å²) < 4.78 is 23.0. The highest BCUT2D eigenvalue weighted by Gasteiger charge is 2.39. The Hall–Kier alpha value is -1.38. The van der Waals surface area contributed by atoms with Crippen LogP contribution in [0.15, 0.2) is 12.3 Å². The van der Waals surface area contributed by atoms with Gasteiger partial charge in [-0.1, -0.05) is 11.6 Å². The standard InChI is InChI=1S/C11H15ClN4O3S/c1-11(2-3-20(18,19)6-11)15-10(17)7-4-8(12)9(16-13)14-5-7/h4-5H,2-3,6,13H2,1H3,(H,14,16)(H,15,17). The molecule has 2 heterocycles. The van der Waals surface area contributed by atoms with Gasteiger partial charge in [-0.25, -0.2) is 19.2 Å². The average molecular weight is 319 g/mol. The van der Waals surface area contributed by atoms with E-state index < -0.39 is 21.3 Å². The fourth-order valence-electron chi connectivity index (χ4n) is 2.12. The summed E-state index contributed by atoms with van der Waals surface area (Å²) in [7, 11) is -3.08. The number of halogens is 1. The Balaban J connectivity index is 2.15. The number of hydrazine groups is 1. The van der Waals surface area contributed by atoms with E-state index in [-0.39, 0.29) is 27.9 Å². The number of nitrogens with two attached hydrogens (primary N) is 1. The van der Waals surface area contributed by atoms with Crippen molar-refractivity contribution in [2.24, 2.45) is 5.84 Å². The van der Waals surface area contributed by atoms with Crippen molar-refractivity contribution in [2.45, 2.75) is 18.9 Å². The third kappa shape index (κ3) is 3.20. The SMILES string of the molecule is CC1(NC(=O)c2cnc(NN)c(Cl)c2)CCS(=O)(=O)C1. The monoisotopic (exact) mass is 318 g/mol. The second kappa shape index (κ2) is 5.19. The molecule has 0 spiro atoms. The van der Waals surface area contributed by atoms with Crippen LogP contribution in [0.4, 0.5) is 5.82 Å². The molecule has 110 valence electrons. The predicted molar refractivity (Wildman–Crippen MR) is 76.2 cm³/mol. The molecule has 0 radical (unpaired) electrons. The maximum absolute atomic E-state index is 12.1. The van der Waals surface area contributed by atoms with Gasteiger partial charge in [-0.15, -0.1) is 0 Å². The summed E-state index contributed by atoms with van der Waals surface area (Å²) in [4.78, 5) is 16.0. The smallest absolute Gasteiger partial charge is 0.253 e. The fraction of sp³-hybridized carbons (Fsp3) is 0.455. The van der Waals surface area contributed by atoms with E-state index in [1.807, 2.05) is 0 Å². The van der Waals surface area contributed by atoms with Crippen LogP contribution in [0.5, 0.6) is 0 Å². The zero-order valence-electron chi connectivity index (χ0n) is 10.8. The maximum Gasteiger partial charge on any atom is 0.253 e. The summed E-state index contributed by atoms with van der Waals surface area (Å²) in [5.41, 5.74) is 1.79. The molecule has 7 nitrogen and oxygen atoms in total. The lowest BCUT2D eigenvalue weighted by atomic mass is 10.0. The van der Waals surface area contributed by atoms with Gasteiger partial charge >= 0.3 is 0 Å². The highest BCUT2D eigenvalue weighted by Crippen LogP contribution is 2.24. The van der Waals surface area contributed by atoms with Crippen molar-refractivity contribution >= 4 is 33.2 Å². The van der Waals surface area contributed by atoms with Crippen molar-refractivity contribution in [3.8, 4) is 0 Å². The first-order valence-electron chi connectivity index (χ1n) is 5.90. The zero-order chi connectivity index (χ0) is 15.0. The Kier molecular flexibility index (Phi) is 3.90. The van der Waals surface area contributed by atoms with Crippen LogP contribution in [0.2, 0.25) is 5.02 Å². The van der Waals surface area contributed by atoms with Crippen LogP contribution >= 0.6 is 11.6 Å². The van der Waals surface area contributed by atoms with Gasteiger partial charge in [-0.3, -0.25) is 4.79 Å². The largest absolute Gasteiger partial charge is 0.346 e. The molecule has 20 heavy (non-hydrogen) atoms. The third-order valence-electron chi connectivity index (χ3n) is 3.16. The van der Waals surface area contributed by atoms with Crippen molar-refractivity contribution in [2.75, 3.05) is 16.9 Å². The number of hydrogen-bond donors (Lipinski definition) is 3. The molecule has 1 aromatic heterocycles. The first-order chi connectivity index (χ1) is 9.25. The summed E-state index contributed by atoms with van der Waals surface area (Å²) >= 11 is 5.89. The van der Waals surface area contributed by atoms with Crippen LogP contribution in [-0.2, 0) is 9.84 Å². The molecule has 1 aliphatic rings. The van der Waals surface area contributed by atoms with Crippen molar-refractivity contribution in [1.82, 2.24) is 10.3 Å². The van der Waals surface area contributed by atoms with Crippen LogP contribution in [0, 0.1) is 0 Å². The predicted octanol–water partition coefficient (Wildman–Crippen LogP) is 0.328. The number of sulfone groups is 1. The number of rotatable bonds is 3. The van der Waals surface area contributed by atoms with Crippen LogP contribution in [0.25, 0.3) is 0 Å². The van der Waals surface area contributed by atoms with E-state index in [2.05, 4.69) is 15.7 Å². The number of hydrogen-bond acceptors (Lipinski definition) is 6. The van der Waals surface area contributed by atoms with Gasteiger partial charge in [-0.2, -0.15) is 0 Å². The first-order valence-corrected chi connectivity index (χ1v) is 8.10. The Morgan fingerprint density at radius 2 is 2.25 bits per heavy atom. The molecule has 1 unspecified atom stereocenters. The van der Waals surface area contributed by atoms with Crippen molar-refractivity contribution in [1.29, 1.82) is 0 Å². The number of nitrogens with zero attached hydrogens (tertiary/aromatic N) is 1. The minimum Gasteiger partial charge on any atom is -0.346 e. The third-order valence-corrected chi connectivity index (χ3v) is 5.35. The minimum absolute atomic E-state index is 0.0602. The molecular formula is C11H15ClN4O3S. The lowest BCUT2D eigenvalue weighted by Gasteiger charge is -2.23. The lowest BCUT2D eigenvalue weighted by Crippen LogP contribution is -2.46. The highest BCUT2D eigenvalue weighted by atomic mass is 35.5. The van der Waals surface area contributed by atoms with E-state index in [1.54, 1.807) is 6.92 Å². The number of carbonyl (C=O) groups is 1.